The zero-order valence-electron chi connectivity index (χ0n) is 21.1. The minimum absolute atomic E-state index is 0.0610. The molecule has 2 aromatic carbocycles. The maximum atomic E-state index is 12.9. The summed E-state index contributed by atoms with van der Waals surface area (Å²) in [7, 11) is 1.87. The van der Waals surface area contributed by atoms with Crippen LogP contribution in [-0.2, 0) is 12.8 Å². The van der Waals surface area contributed by atoms with Gasteiger partial charge in [0.05, 0.1) is 0 Å². The van der Waals surface area contributed by atoms with Crippen molar-refractivity contribution in [3.8, 4) is 0 Å². The Labute approximate surface area is 209 Å². The highest BCUT2D eigenvalue weighted by atomic mass is 32.1. The van der Waals surface area contributed by atoms with Gasteiger partial charge in [-0.3, -0.25) is 4.79 Å². The Hall–Kier alpha value is -2.73. The van der Waals surface area contributed by atoms with Gasteiger partial charge in [-0.05, 0) is 49.9 Å². The van der Waals surface area contributed by atoms with Crippen molar-refractivity contribution in [1.82, 2.24) is 14.3 Å². The van der Waals surface area contributed by atoms with E-state index in [4.69, 9.17) is 4.98 Å². The normalized spacial score (nSPS) is 10.9. The molecule has 0 bridgehead atoms. The summed E-state index contributed by atoms with van der Waals surface area (Å²) in [6.07, 6.45) is 6.86. The van der Waals surface area contributed by atoms with Gasteiger partial charge in [0.15, 0.2) is 0 Å². The van der Waals surface area contributed by atoms with Crippen LogP contribution in [-0.4, -0.2) is 46.8 Å². The van der Waals surface area contributed by atoms with Crippen molar-refractivity contribution < 1.29 is 4.79 Å². The summed E-state index contributed by atoms with van der Waals surface area (Å²) in [5.41, 5.74) is 4.53. The first kappa shape index (κ1) is 25.9. The molecule has 182 valence electrons. The van der Waals surface area contributed by atoms with Crippen molar-refractivity contribution in [1.29, 1.82) is 0 Å². The molecule has 0 unspecified atom stereocenters. The lowest BCUT2D eigenvalue weighted by atomic mass is 10.0. The number of rotatable bonds is 13. The summed E-state index contributed by atoms with van der Waals surface area (Å²) in [4.78, 5) is 21.7. The molecule has 0 fully saturated rings. The number of carbonyl (C=O) groups excluding carboxylic acids is 1. The van der Waals surface area contributed by atoms with Crippen LogP contribution < -0.4 is 4.90 Å². The Bertz CT molecular complexity index is 1010. The van der Waals surface area contributed by atoms with E-state index >= 15 is 0 Å². The molecule has 0 atom stereocenters. The third-order valence-corrected chi connectivity index (χ3v) is 6.98. The van der Waals surface area contributed by atoms with Crippen LogP contribution in [0.4, 0.5) is 5.13 Å². The van der Waals surface area contributed by atoms with E-state index in [0.29, 0.717) is 6.54 Å². The molecule has 0 saturated carbocycles. The lowest BCUT2D eigenvalue weighted by Gasteiger charge is -2.24. The third-order valence-electron chi connectivity index (χ3n) is 6.16. The number of likely N-dealkylation sites (N-methyl/N-ethyl adjacent to an activating group) is 2. The van der Waals surface area contributed by atoms with E-state index in [1.807, 2.05) is 19.2 Å². The van der Waals surface area contributed by atoms with E-state index in [-0.39, 0.29) is 5.91 Å². The maximum Gasteiger partial charge on any atom is 0.253 e. The van der Waals surface area contributed by atoms with E-state index in [1.54, 1.807) is 4.90 Å². The first-order chi connectivity index (χ1) is 16.5. The molecule has 3 aromatic rings. The number of anilines is 1. The number of nitrogens with zero attached hydrogens (tertiary/aromatic N) is 4. The molecule has 1 aromatic heterocycles. The summed E-state index contributed by atoms with van der Waals surface area (Å²) in [6, 6.07) is 16.6. The van der Waals surface area contributed by atoms with Crippen LogP contribution in [0.3, 0.4) is 0 Å². The predicted molar refractivity (Wildman–Crippen MR) is 143 cm³/mol. The van der Waals surface area contributed by atoms with E-state index in [2.05, 4.69) is 66.4 Å². The van der Waals surface area contributed by atoms with Gasteiger partial charge in [-0.2, -0.15) is 4.37 Å². The Morgan fingerprint density at radius 3 is 2.29 bits per heavy atom. The average molecular weight is 479 g/mol. The second-order valence-corrected chi connectivity index (χ2v) is 9.70. The molecule has 0 spiro atoms. The fraction of sp³-hybridized carbons (Fsp3) is 0.464. The number of carbonyl (C=O) groups is 1. The Balaban J connectivity index is 1.50. The minimum atomic E-state index is 0.0610. The first-order valence-corrected chi connectivity index (χ1v) is 13.2. The molecular formula is C28H38N4OS. The molecule has 0 aliphatic rings. The molecule has 0 aliphatic heterocycles. The largest absolute Gasteiger partial charge is 0.345 e. The number of hydrogen-bond acceptors (Lipinski definition) is 5. The molecule has 0 aliphatic carbocycles. The molecule has 1 amide bonds. The van der Waals surface area contributed by atoms with Crippen LogP contribution in [0.2, 0.25) is 0 Å². The number of benzene rings is 2. The van der Waals surface area contributed by atoms with Gasteiger partial charge in [0, 0.05) is 50.2 Å². The smallest absolute Gasteiger partial charge is 0.253 e. The SMILES string of the molecule is CCCCCCc1ccc(C(=O)N(C)CCN(CC)c2nc(Cc3ccc(C)cc3)ns2)cc1. The quantitative estimate of drug-likeness (QED) is 0.276. The molecule has 1 heterocycles. The van der Waals surface area contributed by atoms with Crippen LogP contribution in [0.15, 0.2) is 48.5 Å². The second-order valence-electron chi connectivity index (χ2n) is 8.97. The standard InChI is InChI=1S/C28H38N4OS/c1-5-7-8-9-10-23-15-17-25(18-16-23)27(33)31(4)19-20-32(6-2)28-29-26(30-34-28)21-24-13-11-22(3)12-14-24/h11-18H,5-10,19-21H2,1-4H3. The minimum Gasteiger partial charge on any atom is -0.345 e. The highest BCUT2D eigenvalue weighted by Crippen LogP contribution is 2.19. The van der Waals surface area contributed by atoms with E-state index in [0.717, 1.165) is 42.5 Å². The molecule has 0 saturated heterocycles. The van der Waals surface area contributed by atoms with E-state index in [9.17, 15) is 4.79 Å². The van der Waals surface area contributed by atoms with Gasteiger partial charge < -0.3 is 9.80 Å². The monoisotopic (exact) mass is 478 g/mol. The lowest BCUT2D eigenvalue weighted by molar-refractivity contribution is 0.0798. The van der Waals surface area contributed by atoms with Crippen molar-refractivity contribution in [3.05, 3.63) is 76.6 Å². The van der Waals surface area contributed by atoms with Crippen LogP contribution in [0.5, 0.6) is 0 Å². The summed E-state index contributed by atoms with van der Waals surface area (Å²) >= 11 is 1.43. The fourth-order valence-electron chi connectivity index (χ4n) is 3.89. The highest BCUT2D eigenvalue weighted by Gasteiger charge is 2.16. The van der Waals surface area contributed by atoms with Crippen LogP contribution in [0.1, 0.15) is 72.4 Å². The first-order valence-electron chi connectivity index (χ1n) is 12.5. The number of aryl methyl sites for hydroxylation is 2. The Kier molecular flexibility index (Phi) is 10.1. The third kappa shape index (κ3) is 7.66. The summed E-state index contributed by atoms with van der Waals surface area (Å²) in [5, 5.41) is 0.915. The van der Waals surface area contributed by atoms with Crippen molar-refractivity contribution in [3.63, 3.8) is 0 Å². The molecule has 0 radical (unpaired) electrons. The molecule has 0 N–H and O–H groups in total. The van der Waals surface area contributed by atoms with E-state index < -0.39 is 0 Å². The molecule has 3 rings (SSSR count). The molecule has 6 heteroatoms. The van der Waals surface area contributed by atoms with Gasteiger partial charge in [0.1, 0.15) is 5.82 Å². The van der Waals surface area contributed by atoms with Gasteiger partial charge in [-0.15, -0.1) is 0 Å². The van der Waals surface area contributed by atoms with Gasteiger partial charge in [0.2, 0.25) is 5.13 Å². The second kappa shape index (κ2) is 13.2. The average Bonchev–Trinajstić information content (AvgIpc) is 3.31. The van der Waals surface area contributed by atoms with Gasteiger partial charge in [0.25, 0.3) is 5.91 Å². The highest BCUT2D eigenvalue weighted by molar-refractivity contribution is 7.09. The number of aromatic nitrogens is 2. The van der Waals surface area contributed by atoms with Gasteiger partial charge in [-0.25, -0.2) is 4.98 Å². The Morgan fingerprint density at radius 1 is 0.912 bits per heavy atom. The van der Waals surface area contributed by atoms with Crippen molar-refractivity contribution in [2.24, 2.45) is 0 Å². The van der Waals surface area contributed by atoms with Crippen LogP contribution in [0.25, 0.3) is 0 Å². The van der Waals surface area contributed by atoms with Crippen molar-refractivity contribution >= 4 is 22.6 Å². The summed E-state index contributed by atoms with van der Waals surface area (Å²) < 4.78 is 4.56. The van der Waals surface area contributed by atoms with Crippen molar-refractivity contribution in [2.45, 2.75) is 59.3 Å². The van der Waals surface area contributed by atoms with Gasteiger partial charge in [-0.1, -0.05) is 68.1 Å². The summed E-state index contributed by atoms with van der Waals surface area (Å²) in [5.74, 6) is 0.910. The maximum absolute atomic E-state index is 12.9. The molecule has 5 nitrogen and oxygen atoms in total. The van der Waals surface area contributed by atoms with Crippen molar-refractivity contribution in [2.75, 3.05) is 31.6 Å². The number of amides is 1. The summed E-state index contributed by atoms with van der Waals surface area (Å²) in [6.45, 7) is 8.63. The zero-order valence-corrected chi connectivity index (χ0v) is 21.9. The lowest BCUT2D eigenvalue weighted by Crippen LogP contribution is -2.36. The van der Waals surface area contributed by atoms with Crippen LogP contribution in [0, 0.1) is 6.92 Å². The van der Waals surface area contributed by atoms with E-state index in [1.165, 1.54) is 53.9 Å². The predicted octanol–water partition coefficient (Wildman–Crippen LogP) is 6.16. The fourth-order valence-corrected chi connectivity index (χ4v) is 4.66. The molecular weight excluding hydrogens is 440 g/mol. The molecule has 34 heavy (non-hydrogen) atoms. The van der Waals surface area contributed by atoms with Gasteiger partial charge >= 0.3 is 0 Å². The zero-order chi connectivity index (χ0) is 24.3. The Morgan fingerprint density at radius 2 is 1.62 bits per heavy atom. The topological polar surface area (TPSA) is 49.3 Å². The number of unbranched alkanes of at least 4 members (excludes halogenated alkanes) is 3. The number of hydrogen-bond donors (Lipinski definition) is 0. The van der Waals surface area contributed by atoms with Crippen LogP contribution >= 0.6 is 11.5 Å².